The molecule has 0 aliphatic heterocycles. The number of hydrogen-bond donors (Lipinski definition) is 1. The fourth-order valence-corrected chi connectivity index (χ4v) is 3.25. The molecule has 0 radical (unpaired) electrons. The molecule has 0 saturated heterocycles. The van der Waals surface area contributed by atoms with E-state index in [1.54, 1.807) is 24.3 Å². The monoisotopic (exact) mass is 362 g/mol. The van der Waals surface area contributed by atoms with Crippen LogP contribution in [0.4, 0.5) is 0 Å². The zero-order valence-corrected chi connectivity index (χ0v) is 15.4. The fraction of sp³-hybridized carbons (Fsp3) is 0.143. The topological polar surface area (TPSA) is 66.1 Å². The average Bonchev–Trinajstić information content (AvgIpc) is 3.13. The van der Waals surface area contributed by atoms with Gasteiger partial charge < -0.3 is 9.84 Å². The molecule has 0 fully saturated rings. The molecule has 3 aromatic rings. The quantitative estimate of drug-likeness (QED) is 0.627. The summed E-state index contributed by atoms with van der Waals surface area (Å²) < 4.78 is 5.39. The van der Waals surface area contributed by atoms with Gasteiger partial charge in [-0.2, -0.15) is 5.26 Å². The molecule has 1 aromatic heterocycles. The Balaban J connectivity index is 1.92. The number of hydrogen-bond acceptors (Lipinski definition) is 5. The van der Waals surface area contributed by atoms with Crippen molar-refractivity contribution >= 4 is 23.0 Å². The predicted molar refractivity (Wildman–Crippen MR) is 105 cm³/mol. The van der Waals surface area contributed by atoms with E-state index in [1.807, 2.05) is 43.5 Å². The van der Waals surface area contributed by atoms with E-state index in [2.05, 4.69) is 11.1 Å². The highest BCUT2D eigenvalue weighted by Crippen LogP contribution is 2.30. The van der Waals surface area contributed by atoms with Gasteiger partial charge in [-0.1, -0.05) is 35.9 Å². The highest BCUT2D eigenvalue weighted by atomic mass is 32.1. The van der Waals surface area contributed by atoms with Crippen LogP contribution in [0, 0.1) is 18.3 Å². The van der Waals surface area contributed by atoms with E-state index < -0.39 is 0 Å². The number of aromatic hydroxyl groups is 1. The van der Waals surface area contributed by atoms with E-state index in [1.165, 1.54) is 16.9 Å². The van der Waals surface area contributed by atoms with Crippen molar-refractivity contribution in [3.63, 3.8) is 0 Å². The maximum Gasteiger partial charge on any atom is 0.161 e. The van der Waals surface area contributed by atoms with Gasteiger partial charge in [0.1, 0.15) is 11.1 Å². The number of aryl methyl sites for hydroxylation is 1. The lowest BCUT2D eigenvalue weighted by atomic mass is 10.1. The number of phenols is 1. The van der Waals surface area contributed by atoms with Gasteiger partial charge in [0.15, 0.2) is 11.5 Å². The minimum Gasteiger partial charge on any atom is -0.504 e. The Labute approximate surface area is 156 Å². The minimum absolute atomic E-state index is 0.0819. The lowest BCUT2D eigenvalue weighted by molar-refractivity contribution is 0.318. The third-order valence-electron chi connectivity index (χ3n) is 3.80. The van der Waals surface area contributed by atoms with Crippen molar-refractivity contribution in [1.29, 1.82) is 5.26 Å². The fourth-order valence-electron chi connectivity index (χ4n) is 2.45. The van der Waals surface area contributed by atoms with Gasteiger partial charge >= 0.3 is 0 Å². The zero-order chi connectivity index (χ0) is 18.5. The molecular weight excluding hydrogens is 344 g/mol. The van der Waals surface area contributed by atoms with E-state index in [-0.39, 0.29) is 5.75 Å². The van der Waals surface area contributed by atoms with Gasteiger partial charge in [0.25, 0.3) is 0 Å². The number of allylic oxidation sites excluding steroid dienone is 1. The lowest BCUT2D eigenvalue weighted by Gasteiger charge is -2.06. The maximum absolute atomic E-state index is 9.80. The predicted octanol–water partition coefficient (Wildman–Crippen LogP) is 5.29. The van der Waals surface area contributed by atoms with E-state index in [9.17, 15) is 10.4 Å². The van der Waals surface area contributed by atoms with E-state index in [4.69, 9.17) is 4.74 Å². The number of rotatable bonds is 5. The number of phenolic OH excluding ortho intramolecular Hbond substituents is 1. The van der Waals surface area contributed by atoms with E-state index in [0.29, 0.717) is 22.9 Å². The number of benzene rings is 2. The number of thiazole rings is 1. The number of nitriles is 1. The van der Waals surface area contributed by atoms with Gasteiger partial charge in [0.2, 0.25) is 0 Å². The van der Waals surface area contributed by atoms with Crippen LogP contribution in [0.2, 0.25) is 0 Å². The van der Waals surface area contributed by atoms with Gasteiger partial charge in [-0.05, 0) is 37.6 Å². The van der Waals surface area contributed by atoms with Crippen LogP contribution in [-0.4, -0.2) is 16.7 Å². The Morgan fingerprint density at radius 2 is 2.04 bits per heavy atom. The molecule has 2 aromatic carbocycles. The molecule has 0 unspecified atom stereocenters. The summed E-state index contributed by atoms with van der Waals surface area (Å²) in [5.74, 6) is 0.483. The second-order valence-corrected chi connectivity index (χ2v) is 6.59. The van der Waals surface area contributed by atoms with Crippen LogP contribution in [0.5, 0.6) is 11.5 Å². The molecule has 5 heteroatoms. The van der Waals surface area contributed by atoms with Crippen molar-refractivity contribution in [2.24, 2.45) is 0 Å². The molecule has 0 spiro atoms. The highest BCUT2D eigenvalue weighted by Gasteiger charge is 2.10. The van der Waals surface area contributed by atoms with Crippen molar-refractivity contribution in [3.8, 4) is 28.8 Å². The van der Waals surface area contributed by atoms with Gasteiger partial charge in [0, 0.05) is 10.9 Å². The first-order valence-corrected chi connectivity index (χ1v) is 9.09. The third-order valence-corrected chi connectivity index (χ3v) is 4.67. The standard InChI is InChI=1S/C21H18N2O2S/c1-3-25-20-11-15(6-9-19(20)24)10-17(12-22)21-23-18(13-26-21)16-7-4-14(2)5-8-16/h4-11,13,24H,3H2,1-2H3. The number of nitrogens with zero attached hydrogens (tertiary/aromatic N) is 2. The summed E-state index contributed by atoms with van der Waals surface area (Å²) >= 11 is 1.44. The number of aromatic nitrogens is 1. The van der Waals surface area contributed by atoms with Crippen LogP contribution in [0.3, 0.4) is 0 Å². The molecule has 0 bridgehead atoms. The normalized spacial score (nSPS) is 11.2. The first kappa shape index (κ1) is 17.7. The summed E-state index contributed by atoms with van der Waals surface area (Å²) in [5, 5.41) is 22.0. The zero-order valence-electron chi connectivity index (χ0n) is 14.6. The summed E-state index contributed by atoms with van der Waals surface area (Å²) in [7, 11) is 0. The van der Waals surface area contributed by atoms with E-state index >= 15 is 0 Å². The smallest absolute Gasteiger partial charge is 0.161 e. The Hall–Kier alpha value is -3.10. The molecule has 1 heterocycles. The molecule has 26 heavy (non-hydrogen) atoms. The van der Waals surface area contributed by atoms with Crippen molar-refractivity contribution in [3.05, 3.63) is 64.0 Å². The first-order chi connectivity index (χ1) is 12.6. The summed E-state index contributed by atoms with van der Waals surface area (Å²) in [5.41, 5.74) is 4.32. The first-order valence-electron chi connectivity index (χ1n) is 8.21. The molecule has 0 aliphatic carbocycles. The molecule has 1 N–H and O–H groups in total. The Morgan fingerprint density at radius 1 is 1.27 bits per heavy atom. The molecule has 3 rings (SSSR count). The maximum atomic E-state index is 9.80. The van der Waals surface area contributed by atoms with Gasteiger partial charge in [-0.25, -0.2) is 4.98 Å². The minimum atomic E-state index is 0.0819. The summed E-state index contributed by atoms with van der Waals surface area (Å²) in [6, 6.07) is 15.4. The van der Waals surface area contributed by atoms with Crippen LogP contribution in [0.1, 0.15) is 23.1 Å². The van der Waals surface area contributed by atoms with Crippen LogP contribution in [-0.2, 0) is 0 Å². The van der Waals surface area contributed by atoms with E-state index in [0.717, 1.165) is 16.8 Å². The van der Waals surface area contributed by atoms with Gasteiger partial charge in [0.05, 0.1) is 17.9 Å². The molecule has 0 saturated carbocycles. The molecule has 0 amide bonds. The van der Waals surface area contributed by atoms with Crippen molar-refractivity contribution in [2.75, 3.05) is 6.61 Å². The molecule has 0 atom stereocenters. The largest absolute Gasteiger partial charge is 0.504 e. The molecule has 4 nitrogen and oxygen atoms in total. The van der Waals surface area contributed by atoms with Crippen molar-refractivity contribution in [2.45, 2.75) is 13.8 Å². The van der Waals surface area contributed by atoms with Crippen molar-refractivity contribution in [1.82, 2.24) is 4.98 Å². The number of ether oxygens (including phenoxy) is 1. The highest BCUT2D eigenvalue weighted by molar-refractivity contribution is 7.11. The van der Waals surface area contributed by atoms with Crippen LogP contribution < -0.4 is 4.74 Å². The summed E-state index contributed by atoms with van der Waals surface area (Å²) in [6.45, 7) is 4.35. The summed E-state index contributed by atoms with van der Waals surface area (Å²) in [6.07, 6.45) is 1.75. The second-order valence-electron chi connectivity index (χ2n) is 5.73. The molecule has 0 aliphatic rings. The van der Waals surface area contributed by atoms with Crippen LogP contribution in [0.25, 0.3) is 22.9 Å². The van der Waals surface area contributed by atoms with Crippen molar-refractivity contribution < 1.29 is 9.84 Å². The van der Waals surface area contributed by atoms with Gasteiger partial charge in [-0.3, -0.25) is 0 Å². The van der Waals surface area contributed by atoms with Crippen LogP contribution >= 0.6 is 11.3 Å². The second kappa shape index (κ2) is 7.85. The summed E-state index contributed by atoms with van der Waals surface area (Å²) in [4.78, 5) is 4.60. The lowest BCUT2D eigenvalue weighted by Crippen LogP contribution is -1.92. The van der Waals surface area contributed by atoms with Gasteiger partial charge in [-0.15, -0.1) is 11.3 Å². The SMILES string of the molecule is CCOc1cc(C=C(C#N)c2nc(-c3ccc(C)cc3)cs2)ccc1O. The third kappa shape index (κ3) is 3.93. The molecule has 130 valence electrons. The Bertz CT molecular complexity index is 982. The Kier molecular flexibility index (Phi) is 5.35. The average molecular weight is 362 g/mol. The molecular formula is C21H18N2O2S. The Morgan fingerprint density at radius 3 is 2.73 bits per heavy atom. The van der Waals surface area contributed by atoms with Crippen LogP contribution in [0.15, 0.2) is 47.8 Å².